The van der Waals surface area contributed by atoms with Crippen LogP contribution in [0, 0.1) is 18.8 Å². The first-order valence-corrected chi connectivity index (χ1v) is 4.13. The predicted octanol–water partition coefficient (Wildman–Crippen LogP) is 1.43. The molecule has 0 radical (unpaired) electrons. The number of phenolic OH excluding ortho intramolecular Hbond substituents is 1. The number of benzene rings is 1. The van der Waals surface area contributed by atoms with Crippen molar-refractivity contribution in [3.05, 3.63) is 29.3 Å². The summed E-state index contributed by atoms with van der Waals surface area (Å²) in [5, 5.41) is 17.7. The predicted molar refractivity (Wildman–Crippen MR) is 51.4 cm³/mol. The van der Waals surface area contributed by atoms with Gasteiger partial charge in [-0.3, -0.25) is 0 Å². The van der Waals surface area contributed by atoms with Crippen LogP contribution in [0.15, 0.2) is 18.2 Å². The van der Waals surface area contributed by atoms with Crippen LogP contribution in [-0.4, -0.2) is 16.8 Å². The highest BCUT2D eigenvalue weighted by Gasteiger charge is 1.94. The van der Waals surface area contributed by atoms with Crippen molar-refractivity contribution in [2.24, 2.45) is 0 Å². The molecular weight excluding hydrogens is 164 g/mol. The number of aryl methyl sites for hydroxylation is 1. The van der Waals surface area contributed by atoms with Crippen LogP contribution in [0.5, 0.6) is 5.75 Å². The lowest BCUT2D eigenvalue weighted by atomic mass is 10.1. The Morgan fingerprint density at radius 3 is 2.85 bits per heavy atom. The summed E-state index contributed by atoms with van der Waals surface area (Å²) in [5.74, 6) is 5.91. The number of aliphatic hydroxyl groups excluding tert-OH is 1. The van der Waals surface area contributed by atoms with E-state index >= 15 is 0 Å². The van der Waals surface area contributed by atoms with Crippen molar-refractivity contribution < 1.29 is 10.2 Å². The Labute approximate surface area is 77.8 Å². The average molecular weight is 176 g/mol. The molecule has 1 aromatic rings. The second kappa shape index (κ2) is 4.54. The molecule has 0 atom stereocenters. The van der Waals surface area contributed by atoms with Gasteiger partial charge in [0.2, 0.25) is 0 Å². The van der Waals surface area contributed by atoms with Crippen molar-refractivity contribution in [1.82, 2.24) is 0 Å². The smallest absolute Gasteiger partial charge is 0.116 e. The number of aliphatic hydroxyl groups is 1. The molecule has 2 nitrogen and oxygen atoms in total. The first-order valence-electron chi connectivity index (χ1n) is 4.13. The van der Waals surface area contributed by atoms with E-state index in [0.717, 1.165) is 11.1 Å². The molecule has 1 aromatic carbocycles. The van der Waals surface area contributed by atoms with Crippen LogP contribution in [0.25, 0.3) is 0 Å². The highest BCUT2D eigenvalue weighted by molar-refractivity contribution is 5.44. The van der Waals surface area contributed by atoms with Crippen LogP contribution < -0.4 is 0 Å². The Morgan fingerprint density at radius 1 is 1.38 bits per heavy atom. The highest BCUT2D eigenvalue weighted by atomic mass is 16.3. The average Bonchev–Trinajstić information content (AvgIpc) is 2.11. The van der Waals surface area contributed by atoms with Gasteiger partial charge in [0.25, 0.3) is 0 Å². The molecule has 68 valence electrons. The second-order valence-electron chi connectivity index (χ2n) is 2.77. The lowest BCUT2D eigenvalue weighted by Gasteiger charge is -1.97. The lowest BCUT2D eigenvalue weighted by molar-refractivity contribution is 0.305. The van der Waals surface area contributed by atoms with Crippen LogP contribution in [-0.2, 0) is 0 Å². The summed E-state index contributed by atoms with van der Waals surface area (Å²) in [6.07, 6.45) is 0.467. The van der Waals surface area contributed by atoms with E-state index in [9.17, 15) is 5.11 Å². The fourth-order valence-electron chi connectivity index (χ4n) is 0.958. The van der Waals surface area contributed by atoms with E-state index in [1.165, 1.54) is 0 Å². The van der Waals surface area contributed by atoms with Crippen LogP contribution >= 0.6 is 0 Å². The molecule has 0 aromatic heterocycles. The molecule has 1 rings (SSSR count). The molecule has 0 aliphatic rings. The van der Waals surface area contributed by atoms with E-state index in [-0.39, 0.29) is 12.4 Å². The van der Waals surface area contributed by atoms with Gasteiger partial charge in [-0.2, -0.15) is 0 Å². The van der Waals surface area contributed by atoms with Crippen molar-refractivity contribution in [2.75, 3.05) is 6.61 Å². The minimum Gasteiger partial charge on any atom is -0.508 e. The van der Waals surface area contributed by atoms with E-state index in [1.807, 2.05) is 13.0 Å². The number of hydrogen-bond acceptors (Lipinski definition) is 2. The summed E-state index contributed by atoms with van der Waals surface area (Å²) in [6.45, 7) is 2.01. The zero-order chi connectivity index (χ0) is 9.68. The first-order chi connectivity index (χ1) is 6.24. The molecule has 0 saturated carbocycles. The number of rotatable bonds is 1. The summed E-state index contributed by atoms with van der Waals surface area (Å²) in [5.41, 5.74) is 1.84. The molecule has 2 N–H and O–H groups in total. The number of hydrogen-bond donors (Lipinski definition) is 2. The quantitative estimate of drug-likeness (QED) is 0.635. The van der Waals surface area contributed by atoms with E-state index in [4.69, 9.17) is 5.11 Å². The maximum Gasteiger partial charge on any atom is 0.116 e. The Balaban J connectivity index is 2.89. The summed E-state index contributed by atoms with van der Waals surface area (Å²) in [7, 11) is 0. The Hall–Kier alpha value is -1.46. The summed E-state index contributed by atoms with van der Waals surface area (Å²) in [6, 6.07) is 5.07. The fraction of sp³-hybridized carbons (Fsp3) is 0.273. The minimum absolute atomic E-state index is 0.0743. The van der Waals surface area contributed by atoms with Crippen LogP contribution in [0.1, 0.15) is 17.5 Å². The van der Waals surface area contributed by atoms with Crippen molar-refractivity contribution in [3.63, 3.8) is 0 Å². The van der Waals surface area contributed by atoms with Gasteiger partial charge in [0.1, 0.15) is 5.75 Å². The molecule has 0 spiro atoms. The molecular formula is C11H12O2. The largest absolute Gasteiger partial charge is 0.508 e. The van der Waals surface area contributed by atoms with Gasteiger partial charge in [-0.25, -0.2) is 0 Å². The molecule has 0 amide bonds. The zero-order valence-corrected chi connectivity index (χ0v) is 7.54. The minimum atomic E-state index is 0.0743. The van der Waals surface area contributed by atoms with Gasteiger partial charge >= 0.3 is 0 Å². The van der Waals surface area contributed by atoms with Crippen molar-refractivity contribution in [2.45, 2.75) is 13.3 Å². The molecule has 0 aliphatic carbocycles. The van der Waals surface area contributed by atoms with E-state index in [1.54, 1.807) is 12.1 Å². The van der Waals surface area contributed by atoms with Gasteiger partial charge in [0.05, 0.1) is 6.61 Å². The maximum atomic E-state index is 9.18. The van der Waals surface area contributed by atoms with Gasteiger partial charge in [-0.15, -0.1) is 0 Å². The Kier molecular flexibility index (Phi) is 3.36. The fourth-order valence-corrected chi connectivity index (χ4v) is 0.958. The molecule has 0 aliphatic heterocycles. The Morgan fingerprint density at radius 2 is 2.15 bits per heavy atom. The molecule has 0 fully saturated rings. The summed E-state index contributed by atoms with van der Waals surface area (Å²) < 4.78 is 0. The van der Waals surface area contributed by atoms with Gasteiger partial charge in [0.15, 0.2) is 0 Å². The SMILES string of the molecule is Cc1ccc(O)cc1C#CCCO. The van der Waals surface area contributed by atoms with Crippen molar-refractivity contribution in [1.29, 1.82) is 0 Å². The topological polar surface area (TPSA) is 40.5 Å². The van der Waals surface area contributed by atoms with E-state index in [0.29, 0.717) is 6.42 Å². The first kappa shape index (κ1) is 9.63. The third-order valence-electron chi connectivity index (χ3n) is 1.68. The van der Waals surface area contributed by atoms with E-state index < -0.39 is 0 Å². The van der Waals surface area contributed by atoms with E-state index in [2.05, 4.69) is 11.8 Å². The maximum absolute atomic E-state index is 9.18. The van der Waals surface area contributed by atoms with Crippen molar-refractivity contribution in [3.8, 4) is 17.6 Å². The lowest BCUT2D eigenvalue weighted by Crippen LogP contribution is -1.82. The van der Waals surface area contributed by atoms with Crippen LogP contribution in [0.2, 0.25) is 0 Å². The molecule has 0 heterocycles. The third-order valence-corrected chi connectivity index (χ3v) is 1.68. The molecule has 2 heteroatoms. The van der Waals surface area contributed by atoms with Gasteiger partial charge < -0.3 is 10.2 Å². The molecule has 0 bridgehead atoms. The molecule has 0 unspecified atom stereocenters. The third kappa shape index (κ3) is 2.81. The standard InChI is InChI=1S/C11H12O2/c1-9-5-6-11(13)8-10(9)4-2-3-7-12/h5-6,8,12-13H,3,7H2,1H3. The molecule has 0 saturated heterocycles. The number of aromatic hydroxyl groups is 1. The zero-order valence-electron chi connectivity index (χ0n) is 7.54. The normalized spacial score (nSPS) is 9.08. The van der Waals surface area contributed by atoms with Gasteiger partial charge in [0, 0.05) is 12.0 Å². The summed E-state index contributed by atoms with van der Waals surface area (Å²) >= 11 is 0. The second-order valence-corrected chi connectivity index (χ2v) is 2.77. The Bertz CT molecular complexity index is 345. The highest BCUT2D eigenvalue weighted by Crippen LogP contribution is 2.14. The summed E-state index contributed by atoms with van der Waals surface area (Å²) in [4.78, 5) is 0. The van der Waals surface area contributed by atoms with Crippen LogP contribution in [0.3, 0.4) is 0 Å². The van der Waals surface area contributed by atoms with Gasteiger partial charge in [-0.1, -0.05) is 17.9 Å². The number of phenols is 1. The van der Waals surface area contributed by atoms with Gasteiger partial charge in [-0.05, 0) is 24.6 Å². The van der Waals surface area contributed by atoms with Crippen molar-refractivity contribution >= 4 is 0 Å². The molecule has 13 heavy (non-hydrogen) atoms. The van der Waals surface area contributed by atoms with Crippen LogP contribution in [0.4, 0.5) is 0 Å². The monoisotopic (exact) mass is 176 g/mol.